The molecule has 0 aliphatic heterocycles. The van der Waals surface area contributed by atoms with Crippen molar-refractivity contribution >= 4 is 23.5 Å². The maximum atomic E-state index is 15.1. The number of H-pyrrole nitrogens is 1. The van der Waals surface area contributed by atoms with Gasteiger partial charge in [0.2, 0.25) is 5.95 Å². The Morgan fingerprint density at radius 2 is 2.11 bits per heavy atom. The number of nitrogens with one attached hydrogen (secondary N) is 3. The number of aromatic nitrogens is 5. The number of fused-ring (bicyclic) bond motifs is 1. The molecule has 194 valence electrons. The lowest BCUT2D eigenvalue weighted by Gasteiger charge is -2.19. The highest BCUT2D eigenvalue weighted by atomic mass is 19.4. The van der Waals surface area contributed by atoms with Gasteiger partial charge in [-0.1, -0.05) is 0 Å². The molecule has 3 aromatic rings. The fourth-order valence-corrected chi connectivity index (χ4v) is 4.27. The van der Waals surface area contributed by atoms with Crippen LogP contribution in [0.3, 0.4) is 0 Å². The van der Waals surface area contributed by atoms with Gasteiger partial charge in [0.1, 0.15) is 17.9 Å². The maximum absolute atomic E-state index is 15.1. The van der Waals surface area contributed by atoms with E-state index in [0.717, 1.165) is 12.8 Å². The van der Waals surface area contributed by atoms with Crippen LogP contribution in [0.2, 0.25) is 0 Å². The summed E-state index contributed by atoms with van der Waals surface area (Å²) in [6.07, 6.45) is -2.10. The van der Waals surface area contributed by atoms with E-state index in [1.54, 1.807) is 13.0 Å². The largest absolute Gasteiger partial charge is 0.522 e. The third-order valence-corrected chi connectivity index (χ3v) is 6.50. The average molecular weight is 511 g/mol. The molecule has 2 aliphatic rings. The Morgan fingerprint density at radius 3 is 2.83 bits per heavy atom. The number of imidazole rings is 1. The summed E-state index contributed by atoms with van der Waals surface area (Å²) in [6, 6.07) is 1.63. The molecular formula is C22H25F4N7O3. The monoisotopic (exact) mass is 511 g/mol. The summed E-state index contributed by atoms with van der Waals surface area (Å²) < 4.78 is 63.0. The number of hydrogen-bond donors (Lipinski definition) is 3. The molecule has 0 aromatic carbocycles. The van der Waals surface area contributed by atoms with Gasteiger partial charge in [-0.2, -0.15) is 5.10 Å². The molecule has 0 radical (unpaired) electrons. The van der Waals surface area contributed by atoms with Crippen molar-refractivity contribution in [3.05, 3.63) is 35.4 Å². The summed E-state index contributed by atoms with van der Waals surface area (Å²) in [7, 11) is 0. The van der Waals surface area contributed by atoms with Crippen LogP contribution in [0.15, 0.2) is 18.5 Å². The van der Waals surface area contributed by atoms with E-state index in [9.17, 15) is 18.0 Å². The van der Waals surface area contributed by atoms with Crippen molar-refractivity contribution in [3.8, 4) is 0 Å². The molecule has 1 amide bonds. The smallest absolute Gasteiger partial charge is 0.443 e. The van der Waals surface area contributed by atoms with Crippen LogP contribution in [0.5, 0.6) is 0 Å². The molecule has 3 heterocycles. The van der Waals surface area contributed by atoms with Gasteiger partial charge in [-0.05, 0) is 39.5 Å². The fraction of sp³-hybridized carbons (Fsp3) is 0.545. The number of aromatic amines is 1. The van der Waals surface area contributed by atoms with Crippen molar-refractivity contribution in [2.75, 3.05) is 5.32 Å². The Bertz CT molecular complexity index is 1270. The first-order chi connectivity index (χ1) is 17.0. The zero-order valence-electron chi connectivity index (χ0n) is 19.5. The van der Waals surface area contributed by atoms with E-state index in [-0.39, 0.29) is 17.2 Å². The number of nitrogens with zero attached hydrogens (tertiary/aromatic N) is 4. The third-order valence-electron chi connectivity index (χ3n) is 6.50. The Morgan fingerprint density at radius 1 is 1.33 bits per heavy atom. The molecule has 3 atom stereocenters. The standard InChI is InChI=1S/C22H25F4N7O3/c1-11-8-27-19(33-9-12(28-18(11)33)10-35-22(24,25)26)29-16-7-14(31-32-16)13-3-4-15(17(13)23)36-20(34)30-21(2)5-6-21/h7-9,13,15,17H,3-6,10H2,1-2H3,(H,30,34)(H2,27,29,31,32)/t13-,15-,17+/m1/s1. The molecule has 3 aromatic heterocycles. The predicted molar refractivity (Wildman–Crippen MR) is 118 cm³/mol. The van der Waals surface area contributed by atoms with Gasteiger partial charge in [0, 0.05) is 41.2 Å². The summed E-state index contributed by atoms with van der Waals surface area (Å²) in [5.74, 6) is 0.0576. The molecular weight excluding hydrogens is 486 g/mol. The van der Waals surface area contributed by atoms with E-state index in [0.29, 0.717) is 35.6 Å². The van der Waals surface area contributed by atoms with Crippen LogP contribution in [-0.2, 0) is 16.1 Å². The first-order valence-corrected chi connectivity index (χ1v) is 11.5. The van der Waals surface area contributed by atoms with E-state index in [1.165, 1.54) is 16.8 Å². The van der Waals surface area contributed by atoms with Crippen LogP contribution in [0.25, 0.3) is 5.65 Å². The van der Waals surface area contributed by atoms with Crippen molar-refractivity contribution in [3.63, 3.8) is 0 Å². The van der Waals surface area contributed by atoms with E-state index >= 15 is 4.39 Å². The lowest BCUT2D eigenvalue weighted by Crippen LogP contribution is -2.38. The van der Waals surface area contributed by atoms with E-state index in [4.69, 9.17) is 4.74 Å². The summed E-state index contributed by atoms with van der Waals surface area (Å²) in [4.78, 5) is 20.5. The molecule has 0 saturated heterocycles. The molecule has 2 fully saturated rings. The number of anilines is 2. The molecule has 0 spiro atoms. The van der Waals surface area contributed by atoms with Gasteiger partial charge in [0.15, 0.2) is 5.82 Å². The van der Waals surface area contributed by atoms with Gasteiger partial charge >= 0.3 is 12.5 Å². The predicted octanol–water partition coefficient (Wildman–Crippen LogP) is 4.40. The number of carbonyl (C=O) groups excluding carboxylic acids is 1. The highest BCUT2D eigenvalue weighted by Crippen LogP contribution is 2.39. The van der Waals surface area contributed by atoms with Gasteiger partial charge in [-0.15, -0.1) is 13.2 Å². The van der Waals surface area contributed by atoms with Crippen molar-refractivity contribution in [2.24, 2.45) is 0 Å². The zero-order chi connectivity index (χ0) is 25.7. The van der Waals surface area contributed by atoms with Crippen LogP contribution in [-0.4, -0.2) is 54.8 Å². The summed E-state index contributed by atoms with van der Waals surface area (Å²) in [5.41, 5.74) is 1.41. The zero-order valence-corrected chi connectivity index (χ0v) is 19.5. The van der Waals surface area contributed by atoms with Gasteiger partial charge in [0.05, 0.1) is 12.3 Å². The number of hydrogen-bond acceptors (Lipinski definition) is 7. The van der Waals surface area contributed by atoms with Crippen molar-refractivity contribution in [1.82, 2.24) is 29.9 Å². The number of aryl methyl sites for hydroxylation is 1. The van der Waals surface area contributed by atoms with Crippen LogP contribution in [0, 0.1) is 6.92 Å². The maximum Gasteiger partial charge on any atom is 0.522 e. The lowest BCUT2D eigenvalue weighted by molar-refractivity contribution is -0.330. The minimum atomic E-state index is -4.77. The van der Waals surface area contributed by atoms with Crippen LogP contribution < -0.4 is 10.6 Å². The van der Waals surface area contributed by atoms with Crippen molar-refractivity contribution < 1.29 is 31.8 Å². The highest BCUT2D eigenvalue weighted by molar-refractivity contribution is 5.69. The number of alkyl carbamates (subject to hydrolysis) is 1. The second-order valence-corrected chi connectivity index (χ2v) is 9.52. The number of ether oxygens (including phenoxy) is 2. The Hall–Kier alpha value is -3.42. The summed E-state index contributed by atoms with van der Waals surface area (Å²) in [5, 5.41) is 12.7. The second-order valence-electron chi connectivity index (χ2n) is 9.52. The molecule has 2 aliphatic carbocycles. The third kappa shape index (κ3) is 5.22. The fourth-order valence-electron chi connectivity index (χ4n) is 4.27. The molecule has 0 bridgehead atoms. The number of halogens is 4. The topological polar surface area (TPSA) is 118 Å². The Balaban J connectivity index is 1.26. The van der Waals surface area contributed by atoms with Crippen LogP contribution >= 0.6 is 0 Å². The molecule has 5 rings (SSSR count). The first-order valence-electron chi connectivity index (χ1n) is 11.5. The quantitative estimate of drug-likeness (QED) is 0.402. The van der Waals surface area contributed by atoms with Gasteiger partial charge in [-0.3, -0.25) is 14.2 Å². The lowest BCUT2D eigenvalue weighted by atomic mass is 10.0. The van der Waals surface area contributed by atoms with Crippen LogP contribution in [0.4, 0.5) is 34.1 Å². The minimum Gasteiger partial charge on any atom is -0.443 e. The van der Waals surface area contributed by atoms with Gasteiger partial charge < -0.3 is 15.4 Å². The average Bonchev–Trinajstić information content (AvgIpc) is 3.16. The normalized spacial score (nSPS) is 23.1. The van der Waals surface area contributed by atoms with E-state index in [2.05, 4.69) is 35.5 Å². The number of alkyl halides is 4. The molecule has 10 nitrogen and oxygen atoms in total. The van der Waals surface area contributed by atoms with Crippen molar-refractivity contribution in [2.45, 2.75) is 76.2 Å². The Kier molecular flexibility index (Phi) is 6.01. The molecule has 3 N–H and O–H groups in total. The molecule has 14 heteroatoms. The molecule has 36 heavy (non-hydrogen) atoms. The second kappa shape index (κ2) is 8.91. The molecule has 0 unspecified atom stereocenters. The summed E-state index contributed by atoms with van der Waals surface area (Å²) in [6.45, 7) is 2.90. The Labute approximate surface area is 202 Å². The van der Waals surface area contributed by atoms with Gasteiger partial charge in [-0.25, -0.2) is 19.2 Å². The SMILES string of the molecule is Cc1cnc(Nc2cc([C@H]3CC[C@@H](OC(=O)NC4(C)CC4)[C@H]3F)[nH]n2)n2cc(COC(F)(F)F)nc12. The van der Waals surface area contributed by atoms with E-state index < -0.39 is 37.3 Å². The number of rotatable bonds is 7. The van der Waals surface area contributed by atoms with Crippen LogP contribution in [0.1, 0.15) is 55.5 Å². The van der Waals surface area contributed by atoms with E-state index in [1.807, 2.05) is 6.92 Å². The minimum absolute atomic E-state index is 0.0752. The number of amides is 1. The summed E-state index contributed by atoms with van der Waals surface area (Å²) >= 11 is 0. The highest BCUT2D eigenvalue weighted by Gasteiger charge is 2.43. The number of carbonyl (C=O) groups is 1. The van der Waals surface area contributed by atoms with Crippen molar-refractivity contribution in [1.29, 1.82) is 0 Å². The molecule has 2 saturated carbocycles. The first kappa shape index (κ1) is 24.3. The van der Waals surface area contributed by atoms with Gasteiger partial charge in [0.25, 0.3) is 0 Å².